The molecule has 4 unspecified atom stereocenters. The van der Waals surface area contributed by atoms with Crippen molar-refractivity contribution in [3.05, 3.63) is 105 Å². The Morgan fingerprint density at radius 1 is 0.598 bits per heavy atom. The molecule has 16 nitrogen and oxygen atoms in total. The number of nitrogens with zero attached hydrogens (tertiary/aromatic N) is 12. The number of hydrogen-bond donors (Lipinski definition) is 2. The second kappa shape index (κ2) is 32.3. The minimum absolute atomic E-state index is 0.0182. The van der Waals surface area contributed by atoms with Gasteiger partial charge in [0.15, 0.2) is 0 Å². The third-order valence-corrected chi connectivity index (χ3v) is 24.1. The summed E-state index contributed by atoms with van der Waals surface area (Å²) in [5.41, 5.74) is 8.53. The summed E-state index contributed by atoms with van der Waals surface area (Å²) in [5, 5.41) is 30.4. The maximum Gasteiger partial charge on any atom is 0.393 e. The van der Waals surface area contributed by atoms with Crippen molar-refractivity contribution in [3.63, 3.8) is 0 Å². The maximum atomic E-state index is 12.9. The number of nitrogens with one attached hydrogen (secondary N) is 2. The first-order valence-corrected chi connectivity index (χ1v) is 38.1. The molecule has 6 aromatic heterocycles. The molecule has 0 radical (unpaired) electrons. The summed E-state index contributed by atoms with van der Waals surface area (Å²) in [7, 11) is -3.20. The first kappa shape index (κ1) is 73.3. The highest BCUT2D eigenvalue weighted by atomic mass is 32.2. The van der Waals surface area contributed by atoms with Gasteiger partial charge in [-0.15, -0.1) is 22.7 Å². The topological polar surface area (TPSA) is 180 Å². The second-order valence-corrected chi connectivity index (χ2v) is 31.5. The molecule has 0 spiro atoms. The van der Waals surface area contributed by atoms with Crippen LogP contribution in [0.25, 0.3) is 42.2 Å². The number of likely N-dealkylation sites (tertiary alicyclic amines) is 2. The van der Waals surface area contributed by atoms with E-state index in [0.29, 0.717) is 50.2 Å². The number of alkyl halides is 6. The monoisotopic (exact) mass is 1400 g/mol. The summed E-state index contributed by atoms with van der Waals surface area (Å²) in [5.74, 6) is 3.17. The number of aromatic nitrogens is 6. The van der Waals surface area contributed by atoms with Gasteiger partial charge in [-0.25, -0.2) is 28.4 Å². The van der Waals surface area contributed by atoms with Crippen molar-refractivity contribution < 1.29 is 34.8 Å². The highest BCUT2D eigenvalue weighted by molar-refractivity contribution is 7.88. The van der Waals surface area contributed by atoms with Crippen LogP contribution in [0.5, 0.6) is 0 Å². The van der Waals surface area contributed by atoms with Gasteiger partial charge in [0, 0.05) is 109 Å². The Hall–Kier alpha value is -6.45. The zero-order chi connectivity index (χ0) is 69.3. The molecule has 0 amide bonds. The van der Waals surface area contributed by atoms with Crippen molar-refractivity contribution in [2.75, 3.05) is 69.2 Å². The summed E-state index contributed by atoms with van der Waals surface area (Å²) in [6, 6.07) is 21.1. The smallest absolute Gasteiger partial charge is 0.367 e. The van der Waals surface area contributed by atoms with Gasteiger partial charge >= 0.3 is 12.4 Å². The van der Waals surface area contributed by atoms with E-state index in [0.717, 1.165) is 160 Å². The third kappa shape index (κ3) is 18.9. The van der Waals surface area contributed by atoms with Crippen molar-refractivity contribution in [1.29, 1.82) is 10.5 Å². The number of anilines is 2. The van der Waals surface area contributed by atoms with Crippen molar-refractivity contribution >= 4 is 86.6 Å². The molecule has 0 bridgehead atoms. The van der Waals surface area contributed by atoms with Gasteiger partial charge in [-0.2, -0.15) is 41.2 Å². The molecule has 25 heteroatoms. The van der Waals surface area contributed by atoms with Gasteiger partial charge < -0.3 is 24.7 Å². The molecule has 12 rings (SSSR count). The molecule has 4 fully saturated rings. The molecule has 3 aliphatic heterocycles. The molecule has 97 heavy (non-hydrogen) atoms. The molecule has 9 heterocycles. The zero-order valence-electron chi connectivity index (χ0n) is 57.3. The lowest BCUT2D eigenvalue weighted by Crippen LogP contribution is -2.44. The number of aryl methyl sites for hydroxylation is 4. The summed E-state index contributed by atoms with van der Waals surface area (Å²) < 4.78 is 108. The number of halogens is 6. The van der Waals surface area contributed by atoms with Gasteiger partial charge in [-0.05, 0) is 175 Å². The number of benzene rings is 2. The SMILES string of the molecule is CCN(CC)CC.Cc1c(CN2CCC(Nc3ncnc4sc(CC(F)(F)F)cc34)CC2)ccc2c1cc(C#N)n2CCC1CCCC(C)C1.Cc1c(CN2CCC(Nc3ncnc4sc(CC(F)(F)F)cc34)CC2)ccc2c1cc(C#N)n2CCC1CCN(S(C)(=O)=O)C(C)C1. The number of hydrogen-bond acceptors (Lipinski definition) is 15. The van der Waals surface area contributed by atoms with Gasteiger partial charge in [-0.3, -0.25) is 9.80 Å². The minimum atomic E-state index is -4.26. The summed E-state index contributed by atoms with van der Waals surface area (Å²) in [6.07, 6.45) is 6.24. The summed E-state index contributed by atoms with van der Waals surface area (Å²) >= 11 is 2.14. The Labute approximate surface area is 575 Å². The largest absolute Gasteiger partial charge is 0.393 e. The van der Waals surface area contributed by atoms with Crippen molar-refractivity contribution in [2.45, 2.75) is 195 Å². The van der Waals surface area contributed by atoms with E-state index in [4.69, 9.17) is 0 Å². The minimum Gasteiger partial charge on any atom is -0.367 e. The molecule has 524 valence electrons. The van der Waals surface area contributed by atoms with Crippen molar-refractivity contribution in [1.82, 2.24) is 48.1 Å². The van der Waals surface area contributed by atoms with Gasteiger partial charge in [0.05, 0.1) is 29.9 Å². The molecular weight excluding hydrogens is 1300 g/mol. The zero-order valence-corrected chi connectivity index (χ0v) is 59.7. The normalized spacial score (nSPS) is 19.8. The van der Waals surface area contributed by atoms with Crippen LogP contribution in [0.1, 0.15) is 155 Å². The molecule has 1 aliphatic carbocycles. The van der Waals surface area contributed by atoms with Crippen LogP contribution in [0.15, 0.2) is 61.2 Å². The molecule has 2 N–H and O–H groups in total. The first-order chi connectivity index (χ1) is 46.3. The van der Waals surface area contributed by atoms with E-state index in [1.54, 1.807) is 16.4 Å². The Kier molecular flexibility index (Phi) is 24.4. The fourth-order valence-corrected chi connectivity index (χ4v) is 18.4. The lowest BCUT2D eigenvalue weighted by Gasteiger charge is -2.36. The van der Waals surface area contributed by atoms with E-state index in [1.165, 1.54) is 91.9 Å². The highest BCUT2D eigenvalue weighted by Gasteiger charge is 2.34. The van der Waals surface area contributed by atoms with Crippen LogP contribution in [0.2, 0.25) is 0 Å². The lowest BCUT2D eigenvalue weighted by molar-refractivity contribution is -0.127. The van der Waals surface area contributed by atoms with E-state index in [9.17, 15) is 45.3 Å². The molecular formula is C72H94F6N14O2S3. The van der Waals surface area contributed by atoms with Crippen LogP contribution >= 0.6 is 22.7 Å². The Morgan fingerprint density at radius 3 is 1.42 bits per heavy atom. The quantitative estimate of drug-likeness (QED) is 0.0689. The van der Waals surface area contributed by atoms with Crippen LogP contribution in [-0.4, -0.2) is 146 Å². The molecule has 4 aliphatic rings. The van der Waals surface area contributed by atoms with Crippen LogP contribution < -0.4 is 10.6 Å². The van der Waals surface area contributed by atoms with E-state index >= 15 is 0 Å². The number of sulfonamides is 1. The highest BCUT2D eigenvalue weighted by Crippen LogP contribution is 2.38. The Balaban J connectivity index is 0.000000192. The van der Waals surface area contributed by atoms with Gasteiger partial charge in [0.1, 0.15) is 57.5 Å². The number of rotatable bonds is 20. The van der Waals surface area contributed by atoms with Crippen LogP contribution in [0, 0.1) is 54.3 Å². The van der Waals surface area contributed by atoms with Gasteiger partial charge in [0.25, 0.3) is 0 Å². The first-order valence-electron chi connectivity index (χ1n) is 34.6. The second-order valence-electron chi connectivity index (χ2n) is 27.4. The van der Waals surface area contributed by atoms with E-state index < -0.39 is 35.2 Å². The molecule has 4 atom stereocenters. The fourth-order valence-electron chi connectivity index (χ4n) is 15.1. The Morgan fingerprint density at radius 2 is 1.04 bits per heavy atom. The predicted octanol–water partition coefficient (Wildman–Crippen LogP) is 16.0. The van der Waals surface area contributed by atoms with Gasteiger partial charge in [-0.1, -0.05) is 59.1 Å². The van der Waals surface area contributed by atoms with Crippen LogP contribution in [0.3, 0.4) is 0 Å². The standard InChI is InChI=1S/C33H40F3N7O2S2.C33H39F3N6S.C6H15N/c1-21-14-23(7-13-43(21)47(3,44)45)6-12-42-26(18-37)15-28-22(2)24(4-5-30(28)42)19-41-10-8-25(9-11-41)40-31-29-16-27(17-33(34,35)36)46-32(29)39-20-38-31;1-21-4-3-5-23(14-21)8-13-42-26(18-37)15-28-22(2)24(6-7-30(28)42)19-41-11-9-25(10-12-41)40-31-29-16-27(17-33(34,35)36)43-32(29)39-20-38-31;1-4-7(5-2)6-3/h4-5,15-16,20-21,23,25H,6-14,17,19H2,1-3H3,(H,38,39,40);6-7,15-16,20-21,23,25H,3-5,8-14,17,19H2,1-2H3,(H,38,39,40);4-6H2,1-3H3. The maximum absolute atomic E-state index is 12.9. The van der Waals surface area contributed by atoms with Crippen LogP contribution in [0.4, 0.5) is 38.0 Å². The predicted molar refractivity (Wildman–Crippen MR) is 379 cm³/mol. The van der Waals surface area contributed by atoms with Crippen molar-refractivity contribution in [3.8, 4) is 12.1 Å². The molecule has 8 aromatic rings. The third-order valence-electron chi connectivity index (χ3n) is 20.6. The Bertz CT molecular complexity index is 4160. The number of nitriles is 2. The van der Waals surface area contributed by atoms with Crippen molar-refractivity contribution in [2.24, 2.45) is 17.8 Å². The number of thiophene rings is 2. The number of fused-ring (bicyclic) bond motifs is 4. The number of piperidine rings is 3. The lowest BCUT2D eigenvalue weighted by atomic mass is 9.81. The van der Waals surface area contributed by atoms with Gasteiger partial charge in [0.2, 0.25) is 10.0 Å². The molecule has 3 saturated heterocycles. The summed E-state index contributed by atoms with van der Waals surface area (Å²) in [6.45, 7) is 26.1. The summed E-state index contributed by atoms with van der Waals surface area (Å²) in [4.78, 5) is 26.0. The van der Waals surface area contributed by atoms with E-state index in [2.05, 4.69) is 138 Å². The van der Waals surface area contributed by atoms with E-state index in [1.807, 2.05) is 13.0 Å². The average molecular weight is 1400 g/mol. The van der Waals surface area contributed by atoms with E-state index in [-0.39, 0.29) is 27.9 Å². The average Bonchev–Trinajstić information content (AvgIpc) is 1.59. The molecule has 1 saturated carbocycles. The fraction of sp³-hybridized carbons (Fsp3) is 0.583. The molecule has 2 aromatic carbocycles. The van der Waals surface area contributed by atoms with Crippen LogP contribution in [-0.2, 0) is 49.0 Å².